The standard InChI is InChI=1S/C19H23N9S/c1-11-7-15(27-26-11)23-19-24-17(16-18(25-19)29-10-21-16)22-12-8-13-3-4-14(9-12)28(13)6-2-5-20/h7,10,12-14H,2-4,6,8-9H2,1H3,(H3,22,23,24,25,26,27). The molecular formula is C19H23N9S. The molecule has 0 aromatic carbocycles. The highest BCUT2D eigenvalue weighted by molar-refractivity contribution is 7.16. The van der Waals surface area contributed by atoms with Crippen LogP contribution in [-0.2, 0) is 0 Å². The molecule has 0 radical (unpaired) electrons. The summed E-state index contributed by atoms with van der Waals surface area (Å²) in [5.41, 5.74) is 3.60. The van der Waals surface area contributed by atoms with Crippen molar-refractivity contribution in [2.45, 2.75) is 57.2 Å². The lowest BCUT2D eigenvalue weighted by Gasteiger charge is -2.39. The van der Waals surface area contributed by atoms with Crippen molar-refractivity contribution in [2.75, 3.05) is 17.2 Å². The Hall–Kier alpha value is -2.77. The van der Waals surface area contributed by atoms with E-state index in [1.807, 2.05) is 13.0 Å². The molecule has 2 bridgehead atoms. The molecular weight excluding hydrogens is 386 g/mol. The quantitative estimate of drug-likeness (QED) is 0.568. The van der Waals surface area contributed by atoms with Crippen LogP contribution >= 0.6 is 11.3 Å². The molecule has 2 saturated heterocycles. The van der Waals surface area contributed by atoms with Crippen LogP contribution in [-0.4, -0.2) is 54.7 Å². The van der Waals surface area contributed by atoms with E-state index in [4.69, 9.17) is 10.2 Å². The molecule has 2 fully saturated rings. The van der Waals surface area contributed by atoms with Crippen LogP contribution in [0.1, 0.15) is 37.8 Å². The Morgan fingerprint density at radius 1 is 1.31 bits per heavy atom. The smallest absolute Gasteiger partial charge is 0.231 e. The Labute approximate surface area is 172 Å². The first kappa shape index (κ1) is 18.3. The van der Waals surface area contributed by atoms with E-state index in [2.05, 4.69) is 41.8 Å². The van der Waals surface area contributed by atoms with Crippen molar-refractivity contribution >= 4 is 39.3 Å². The summed E-state index contributed by atoms with van der Waals surface area (Å²) in [6.45, 7) is 2.84. The summed E-state index contributed by atoms with van der Waals surface area (Å²) in [4.78, 5) is 17.2. The first-order chi connectivity index (χ1) is 14.2. The van der Waals surface area contributed by atoms with Crippen LogP contribution in [0.2, 0.25) is 0 Å². The molecule has 3 N–H and O–H groups in total. The minimum Gasteiger partial charge on any atom is -0.365 e. The fraction of sp³-hybridized carbons (Fsp3) is 0.526. The molecule has 0 aliphatic carbocycles. The van der Waals surface area contributed by atoms with E-state index >= 15 is 0 Å². The third-order valence-electron chi connectivity index (χ3n) is 5.85. The third kappa shape index (κ3) is 3.63. The molecule has 0 amide bonds. The number of hydrogen-bond acceptors (Lipinski definition) is 9. The van der Waals surface area contributed by atoms with Gasteiger partial charge in [-0.3, -0.25) is 10.00 Å². The summed E-state index contributed by atoms with van der Waals surface area (Å²) in [7, 11) is 0. The Morgan fingerprint density at radius 3 is 2.86 bits per heavy atom. The molecule has 2 aliphatic rings. The number of aromatic amines is 1. The zero-order chi connectivity index (χ0) is 19.8. The monoisotopic (exact) mass is 409 g/mol. The molecule has 5 heterocycles. The van der Waals surface area contributed by atoms with Crippen molar-refractivity contribution in [1.82, 2.24) is 30.0 Å². The van der Waals surface area contributed by atoms with Gasteiger partial charge in [0.25, 0.3) is 0 Å². The van der Waals surface area contributed by atoms with Crippen molar-refractivity contribution < 1.29 is 0 Å². The van der Waals surface area contributed by atoms with Crippen molar-refractivity contribution in [3.8, 4) is 6.07 Å². The summed E-state index contributed by atoms with van der Waals surface area (Å²) < 4.78 is 0. The summed E-state index contributed by atoms with van der Waals surface area (Å²) in [5.74, 6) is 1.99. The molecule has 150 valence electrons. The number of anilines is 3. The highest BCUT2D eigenvalue weighted by Crippen LogP contribution is 2.37. The predicted molar refractivity (Wildman–Crippen MR) is 112 cm³/mol. The predicted octanol–water partition coefficient (Wildman–Crippen LogP) is 3.18. The van der Waals surface area contributed by atoms with Gasteiger partial charge in [0.15, 0.2) is 16.5 Å². The minimum absolute atomic E-state index is 0.353. The SMILES string of the molecule is Cc1cc(Nc2nc(NC3CC4CCC(C3)N4CCC#N)c3ncsc3n2)n[nH]1. The van der Waals surface area contributed by atoms with Gasteiger partial charge in [0.2, 0.25) is 5.95 Å². The van der Waals surface area contributed by atoms with E-state index in [-0.39, 0.29) is 0 Å². The summed E-state index contributed by atoms with van der Waals surface area (Å²) in [6, 6.07) is 5.66. The lowest BCUT2D eigenvalue weighted by Crippen LogP contribution is -2.47. The van der Waals surface area contributed by atoms with Gasteiger partial charge in [-0.25, -0.2) is 4.98 Å². The molecule has 2 unspecified atom stereocenters. The van der Waals surface area contributed by atoms with E-state index in [9.17, 15) is 0 Å². The van der Waals surface area contributed by atoms with E-state index in [0.717, 1.165) is 41.2 Å². The van der Waals surface area contributed by atoms with Gasteiger partial charge < -0.3 is 10.6 Å². The van der Waals surface area contributed by atoms with E-state index in [0.29, 0.717) is 36.3 Å². The van der Waals surface area contributed by atoms with Gasteiger partial charge in [-0.05, 0) is 32.6 Å². The van der Waals surface area contributed by atoms with Crippen LogP contribution in [0.25, 0.3) is 10.3 Å². The maximum Gasteiger partial charge on any atom is 0.231 e. The van der Waals surface area contributed by atoms with Crippen LogP contribution in [0.5, 0.6) is 0 Å². The number of nitrogens with zero attached hydrogens (tertiary/aromatic N) is 6. The van der Waals surface area contributed by atoms with Crippen molar-refractivity contribution in [1.29, 1.82) is 5.26 Å². The number of thiazole rings is 1. The molecule has 9 nitrogen and oxygen atoms in total. The minimum atomic E-state index is 0.353. The molecule has 5 rings (SSSR count). The average molecular weight is 410 g/mol. The van der Waals surface area contributed by atoms with Crippen molar-refractivity contribution in [2.24, 2.45) is 0 Å². The first-order valence-electron chi connectivity index (χ1n) is 9.99. The normalized spacial score (nSPS) is 23.9. The summed E-state index contributed by atoms with van der Waals surface area (Å²) in [5, 5.41) is 22.9. The topological polar surface area (TPSA) is 118 Å². The zero-order valence-corrected chi connectivity index (χ0v) is 17.0. The van der Waals surface area contributed by atoms with E-state index in [1.54, 1.807) is 5.51 Å². The lowest BCUT2D eigenvalue weighted by molar-refractivity contribution is 0.136. The van der Waals surface area contributed by atoms with E-state index in [1.165, 1.54) is 24.2 Å². The molecule has 3 aromatic rings. The number of nitriles is 1. The summed E-state index contributed by atoms with van der Waals surface area (Å²) in [6.07, 6.45) is 5.18. The van der Waals surface area contributed by atoms with Crippen LogP contribution in [0.4, 0.5) is 17.6 Å². The molecule has 2 aliphatic heterocycles. The van der Waals surface area contributed by atoms with Crippen LogP contribution in [0, 0.1) is 18.3 Å². The highest BCUT2D eigenvalue weighted by atomic mass is 32.1. The number of hydrogen-bond donors (Lipinski definition) is 3. The molecule has 2 atom stereocenters. The fourth-order valence-corrected chi connectivity index (χ4v) is 5.30. The second kappa shape index (κ2) is 7.57. The number of aryl methyl sites for hydroxylation is 1. The Balaban J connectivity index is 1.35. The van der Waals surface area contributed by atoms with Gasteiger partial charge in [0.1, 0.15) is 5.52 Å². The zero-order valence-electron chi connectivity index (χ0n) is 16.2. The van der Waals surface area contributed by atoms with Crippen molar-refractivity contribution in [3.63, 3.8) is 0 Å². The summed E-state index contributed by atoms with van der Waals surface area (Å²) >= 11 is 1.51. The van der Waals surface area contributed by atoms with Gasteiger partial charge in [0, 0.05) is 42.9 Å². The van der Waals surface area contributed by atoms with Gasteiger partial charge in [-0.15, -0.1) is 11.3 Å². The molecule has 0 spiro atoms. The maximum atomic E-state index is 8.93. The number of aromatic nitrogens is 5. The lowest BCUT2D eigenvalue weighted by atomic mass is 9.97. The van der Waals surface area contributed by atoms with Gasteiger partial charge in [-0.1, -0.05) is 0 Å². The third-order valence-corrected chi connectivity index (χ3v) is 6.57. The number of rotatable bonds is 6. The second-order valence-electron chi connectivity index (χ2n) is 7.81. The average Bonchev–Trinajstić information content (AvgIpc) is 3.39. The maximum absolute atomic E-state index is 8.93. The van der Waals surface area contributed by atoms with E-state index < -0.39 is 0 Å². The largest absolute Gasteiger partial charge is 0.365 e. The number of nitrogens with one attached hydrogen (secondary N) is 3. The number of piperidine rings is 1. The van der Waals surface area contributed by atoms with Crippen LogP contribution in [0.3, 0.4) is 0 Å². The van der Waals surface area contributed by atoms with Crippen molar-refractivity contribution in [3.05, 3.63) is 17.3 Å². The molecule has 29 heavy (non-hydrogen) atoms. The molecule has 0 saturated carbocycles. The molecule has 3 aromatic heterocycles. The second-order valence-corrected chi connectivity index (χ2v) is 8.64. The van der Waals surface area contributed by atoms with Gasteiger partial charge in [0.05, 0.1) is 11.6 Å². The highest BCUT2D eigenvalue weighted by Gasteiger charge is 2.40. The first-order valence-corrected chi connectivity index (χ1v) is 10.9. The van der Waals surface area contributed by atoms with Crippen LogP contribution in [0.15, 0.2) is 11.6 Å². The number of H-pyrrole nitrogens is 1. The fourth-order valence-electron chi connectivity index (χ4n) is 4.64. The number of fused-ring (bicyclic) bond motifs is 3. The van der Waals surface area contributed by atoms with Gasteiger partial charge >= 0.3 is 0 Å². The Kier molecular flexibility index (Phi) is 4.77. The molecule has 10 heteroatoms. The Bertz CT molecular complexity index is 1040. The Morgan fingerprint density at radius 2 is 2.14 bits per heavy atom. The van der Waals surface area contributed by atoms with Gasteiger partial charge in [-0.2, -0.15) is 20.3 Å². The van der Waals surface area contributed by atoms with Crippen LogP contribution < -0.4 is 10.6 Å².